The van der Waals surface area contributed by atoms with Crippen molar-refractivity contribution in [2.75, 3.05) is 30.0 Å². The minimum Gasteiger partial charge on any atom is -0.504 e. The lowest BCUT2D eigenvalue weighted by molar-refractivity contribution is -0.384. The summed E-state index contributed by atoms with van der Waals surface area (Å²) in [7, 11) is 1.48. The van der Waals surface area contributed by atoms with Gasteiger partial charge in [0.15, 0.2) is 11.5 Å². The number of aromatic hydroxyl groups is 1. The number of hydrogen-bond donors (Lipinski definition) is 3. The fraction of sp³-hybridized carbons (Fsp3) is 0.250. The molecule has 0 amide bonds. The van der Waals surface area contributed by atoms with Gasteiger partial charge in [-0.25, -0.2) is 0 Å². The van der Waals surface area contributed by atoms with Gasteiger partial charge in [-0.2, -0.15) is 15.0 Å². The van der Waals surface area contributed by atoms with Gasteiger partial charge in [-0.1, -0.05) is 18.2 Å². The van der Waals surface area contributed by atoms with Crippen molar-refractivity contribution in [2.24, 2.45) is 0 Å². The molecule has 1 atom stereocenters. The van der Waals surface area contributed by atoms with Crippen molar-refractivity contribution < 1.29 is 14.8 Å². The lowest BCUT2D eigenvalue weighted by Crippen LogP contribution is -2.31. The number of ether oxygens (including phenoxy) is 1. The Morgan fingerprint density at radius 1 is 1.13 bits per heavy atom. The van der Waals surface area contributed by atoms with Crippen molar-refractivity contribution in [3.05, 3.63) is 63.7 Å². The summed E-state index contributed by atoms with van der Waals surface area (Å²) in [5.41, 5.74) is 13.3. The van der Waals surface area contributed by atoms with E-state index in [1.807, 2.05) is 11.8 Å². The van der Waals surface area contributed by atoms with Crippen LogP contribution in [0.2, 0.25) is 0 Å². The van der Waals surface area contributed by atoms with Gasteiger partial charge in [0.2, 0.25) is 17.8 Å². The molecule has 2 aromatic carbocycles. The van der Waals surface area contributed by atoms with E-state index in [4.69, 9.17) is 16.2 Å². The van der Waals surface area contributed by atoms with Crippen LogP contribution in [0.3, 0.4) is 0 Å². The highest BCUT2D eigenvalue weighted by atomic mass is 16.6. The first-order valence-corrected chi connectivity index (χ1v) is 9.42. The molecule has 0 saturated carbocycles. The zero-order valence-corrected chi connectivity index (χ0v) is 17.1. The summed E-state index contributed by atoms with van der Waals surface area (Å²) in [5.74, 6) is 0.715. The van der Waals surface area contributed by atoms with E-state index < -0.39 is 4.92 Å². The van der Waals surface area contributed by atoms with Crippen LogP contribution in [0, 0.1) is 10.1 Å². The van der Waals surface area contributed by atoms with Crippen molar-refractivity contribution in [3.63, 3.8) is 0 Å². The summed E-state index contributed by atoms with van der Waals surface area (Å²) in [5, 5.41) is 20.8. The molecule has 162 valence electrons. The Morgan fingerprint density at radius 3 is 2.35 bits per heavy atom. The van der Waals surface area contributed by atoms with Crippen molar-refractivity contribution in [1.29, 1.82) is 0 Å². The zero-order valence-electron chi connectivity index (χ0n) is 17.1. The Kier molecular flexibility index (Phi) is 6.34. The van der Waals surface area contributed by atoms with Crippen molar-refractivity contribution >= 4 is 23.5 Å². The monoisotopic (exact) mass is 425 g/mol. The maximum Gasteiger partial charge on any atom is 0.269 e. The van der Waals surface area contributed by atoms with Gasteiger partial charge in [-0.15, -0.1) is 0 Å². The average molecular weight is 425 g/mol. The molecular weight excluding hydrogens is 402 g/mol. The van der Waals surface area contributed by atoms with Crippen LogP contribution in [-0.4, -0.2) is 38.6 Å². The molecule has 3 aromatic rings. The van der Waals surface area contributed by atoms with Crippen LogP contribution in [0.1, 0.15) is 24.1 Å². The number of nitrogens with two attached hydrogens (primary N) is 2. The molecule has 0 spiro atoms. The van der Waals surface area contributed by atoms with Gasteiger partial charge >= 0.3 is 0 Å². The first kappa shape index (κ1) is 21.6. The number of non-ortho nitro benzene ring substituents is 1. The Labute approximate surface area is 178 Å². The molecule has 0 saturated heterocycles. The van der Waals surface area contributed by atoms with Crippen LogP contribution in [0.4, 0.5) is 23.5 Å². The molecule has 11 nitrogen and oxygen atoms in total. The zero-order chi connectivity index (χ0) is 22.5. The number of anilines is 3. The molecule has 5 N–H and O–H groups in total. The number of rotatable bonds is 8. The summed E-state index contributed by atoms with van der Waals surface area (Å²) in [6.07, 6.45) is 0.569. The summed E-state index contributed by atoms with van der Waals surface area (Å²) < 4.78 is 5.17. The van der Waals surface area contributed by atoms with Gasteiger partial charge in [0.25, 0.3) is 5.69 Å². The van der Waals surface area contributed by atoms with Crippen LogP contribution >= 0.6 is 0 Å². The number of phenols is 1. The van der Waals surface area contributed by atoms with E-state index in [2.05, 4.69) is 15.0 Å². The highest BCUT2D eigenvalue weighted by Crippen LogP contribution is 2.29. The molecule has 0 aliphatic carbocycles. The molecule has 1 heterocycles. The Morgan fingerprint density at radius 2 is 1.77 bits per heavy atom. The van der Waals surface area contributed by atoms with E-state index in [0.29, 0.717) is 24.7 Å². The molecule has 11 heteroatoms. The predicted molar refractivity (Wildman–Crippen MR) is 116 cm³/mol. The van der Waals surface area contributed by atoms with Crippen molar-refractivity contribution in [3.8, 4) is 11.5 Å². The van der Waals surface area contributed by atoms with E-state index in [1.165, 1.54) is 19.2 Å². The fourth-order valence-electron chi connectivity index (χ4n) is 3.17. The molecule has 0 fully saturated rings. The van der Waals surface area contributed by atoms with Gasteiger partial charge in [0, 0.05) is 18.7 Å². The minimum absolute atomic E-state index is 0.00491. The molecule has 0 radical (unpaired) electrons. The van der Waals surface area contributed by atoms with E-state index >= 15 is 0 Å². The number of phenolic OH excluding ortho intramolecular Hbond substituents is 1. The first-order valence-electron chi connectivity index (χ1n) is 9.42. The van der Waals surface area contributed by atoms with E-state index in [0.717, 1.165) is 11.1 Å². The second kappa shape index (κ2) is 9.11. The summed E-state index contributed by atoms with van der Waals surface area (Å²) in [4.78, 5) is 24.6. The van der Waals surface area contributed by atoms with E-state index in [1.54, 1.807) is 30.3 Å². The quantitative estimate of drug-likeness (QED) is 0.360. The smallest absolute Gasteiger partial charge is 0.269 e. The SMILES string of the molecule is COc1cc(CCN(c2nc(N)nc(N)n2)[C@@H](C)c2ccc([N+](=O)[O-])cc2)ccc1O. The average Bonchev–Trinajstić information content (AvgIpc) is 2.74. The highest BCUT2D eigenvalue weighted by Gasteiger charge is 2.21. The lowest BCUT2D eigenvalue weighted by atomic mass is 10.1. The summed E-state index contributed by atoms with van der Waals surface area (Å²) >= 11 is 0. The third-order valence-corrected chi connectivity index (χ3v) is 4.85. The third kappa shape index (κ3) is 5.07. The normalized spacial score (nSPS) is 11.7. The van der Waals surface area contributed by atoms with Crippen LogP contribution in [0.15, 0.2) is 42.5 Å². The number of aromatic nitrogens is 3. The topological polar surface area (TPSA) is 167 Å². The number of benzene rings is 2. The molecule has 0 aliphatic rings. The number of nitro groups is 1. The van der Waals surface area contributed by atoms with Gasteiger partial charge in [-0.3, -0.25) is 10.1 Å². The lowest BCUT2D eigenvalue weighted by Gasteiger charge is -2.30. The molecule has 3 rings (SSSR count). The number of nitro benzene ring substituents is 1. The van der Waals surface area contributed by atoms with Crippen LogP contribution in [-0.2, 0) is 6.42 Å². The molecular formula is C20H23N7O4. The first-order chi connectivity index (χ1) is 14.8. The van der Waals surface area contributed by atoms with Gasteiger partial charge in [0.1, 0.15) is 0 Å². The maximum atomic E-state index is 11.0. The Hall–Kier alpha value is -4.15. The number of hydrogen-bond acceptors (Lipinski definition) is 10. The highest BCUT2D eigenvalue weighted by molar-refractivity contribution is 5.45. The molecule has 0 unspecified atom stereocenters. The van der Waals surface area contributed by atoms with Gasteiger partial charge < -0.3 is 26.2 Å². The maximum absolute atomic E-state index is 11.0. The number of nitrogens with zero attached hydrogens (tertiary/aromatic N) is 5. The molecule has 31 heavy (non-hydrogen) atoms. The molecule has 1 aromatic heterocycles. The Bertz CT molecular complexity index is 1060. The second-order valence-electron chi connectivity index (χ2n) is 6.83. The fourth-order valence-corrected chi connectivity index (χ4v) is 3.17. The summed E-state index contributed by atoms with van der Waals surface area (Å²) in [6.45, 7) is 2.39. The predicted octanol–water partition coefficient (Wildman–Crippen LogP) is 2.47. The van der Waals surface area contributed by atoms with Crippen molar-refractivity contribution in [1.82, 2.24) is 15.0 Å². The van der Waals surface area contributed by atoms with Crippen LogP contribution in [0.25, 0.3) is 0 Å². The van der Waals surface area contributed by atoms with E-state index in [9.17, 15) is 15.2 Å². The standard InChI is InChI=1S/C20H23N7O4/c1-12(14-4-6-15(7-5-14)27(29)30)26(20-24-18(21)23-19(22)25-20)10-9-13-3-8-16(28)17(11-13)31-2/h3-8,11-12,28H,9-10H2,1-2H3,(H4,21,22,23,24,25)/t12-/m0/s1. The largest absolute Gasteiger partial charge is 0.504 e. The Balaban J connectivity index is 1.91. The van der Waals surface area contributed by atoms with Gasteiger partial charge in [-0.05, 0) is 36.6 Å². The summed E-state index contributed by atoms with van der Waals surface area (Å²) in [6, 6.07) is 11.1. The van der Waals surface area contributed by atoms with Crippen molar-refractivity contribution in [2.45, 2.75) is 19.4 Å². The number of methoxy groups -OCH3 is 1. The number of nitrogen functional groups attached to an aromatic ring is 2. The van der Waals surface area contributed by atoms with Crippen LogP contribution < -0.4 is 21.1 Å². The second-order valence-corrected chi connectivity index (χ2v) is 6.83. The third-order valence-electron chi connectivity index (χ3n) is 4.85. The molecule has 0 bridgehead atoms. The van der Waals surface area contributed by atoms with E-state index in [-0.39, 0.29) is 29.4 Å². The molecule has 0 aliphatic heterocycles. The van der Waals surface area contributed by atoms with Crippen LogP contribution in [0.5, 0.6) is 11.5 Å². The minimum atomic E-state index is -0.447. The van der Waals surface area contributed by atoms with Gasteiger partial charge in [0.05, 0.1) is 18.1 Å².